The molecule has 0 spiro atoms. The topological polar surface area (TPSA) is 38.0 Å². The highest BCUT2D eigenvalue weighted by Gasteiger charge is 2.08. The Kier molecular flexibility index (Phi) is 3.81. The molecule has 0 radical (unpaired) electrons. The molecule has 0 unspecified atom stereocenters. The minimum Gasteiger partial charge on any atom is -0.392 e. The van der Waals surface area contributed by atoms with Gasteiger partial charge in [-0.15, -0.1) is 0 Å². The first kappa shape index (κ1) is 12.4. The van der Waals surface area contributed by atoms with Gasteiger partial charge in [-0.1, -0.05) is 30.0 Å². The molecule has 2 rings (SSSR count). The third-order valence-electron chi connectivity index (χ3n) is 2.92. The highest BCUT2D eigenvalue weighted by atomic mass is 16.3. The van der Waals surface area contributed by atoms with E-state index in [0.717, 1.165) is 22.5 Å². The van der Waals surface area contributed by atoms with Gasteiger partial charge < -0.3 is 5.11 Å². The third kappa shape index (κ3) is 2.61. The number of aryl methyl sites for hydroxylation is 1. The standard InChI is InChI=1S/C15H16N2O/c1-12-15(11-18)13(2)17(16-12)10-6-9-14-7-4-3-5-8-14/h3-5,7-8,18H,10-11H2,1-2H3. The van der Waals surface area contributed by atoms with Crippen molar-refractivity contribution < 1.29 is 5.11 Å². The van der Waals surface area contributed by atoms with E-state index in [1.165, 1.54) is 0 Å². The second-order valence-corrected chi connectivity index (χ2v) is 4.13. The van der Waals surface area contributed by atoms with Crippen LogP contribution >= 0.6 is 0 Å². The van der Waals surface area contributed by atoms with Gasteiger partial charge in [-0.25, -0.2) is 0 Å². The Morgan fingerprint density at radius 2 is 1.94 bits per heavy atom. The number of benzene rings is 1. The van der Waals surface area contributed by atoms with Gasteiger partial charge in [-0.3, -0.25) is 4.68 Å². The fourth-order valence-electron chi connectivity index (χ4n) is 1.85. The van der Waals surface area contributed by atoms with Crippen LogP contribution in [0.5, 0.6) is 0 Å². The van der Waals surface area contributed by atoms with Gasteiger partial charge in [0.1, 0.15) is 6.54 Å². The molecule has 0 atom stereocenters. The second kappa shape index (κ2) is 5.52. The molecule has 0 amide bonds. The second-order valence-electron chi connectivity index (χ2n) is 4.13. The molecule has 0 saturated carbocycles. The number of hydrogen-bond acceptors (Lipinski definition) is 2. The Morgan fingerprint density at radius 1 is 1.22 bits per heavy atom. The van der Waals surface area contributed by atoms with Gasteiger partial charge in [-0.05, 0) is 26.0 Å². The summed E-state index contributed by atoms with van der Waals surface area (Å²) in [4.78, 5) is 0. The smallest absolute Gasteiger partial charge is 0.102 e. The van der Waals surface area contributed by atoms with E-state index in [0.29, 0.717) is 6.54 Å². The maximum Gasteiger partial charge on any atom is 0.102 e. The third-order valence-corrected chi connectivity index (χ3v) is 2.92. The number of aliphatic hydroxyl groups is 1. The molecule has 0 bridgehead atoms. The van der Waals surface area contributed by atoms with E-state index in [1.807, 2.05) is 48.9 Å². The molecule has 1 aromatic heterocycles. The maximum atomic E-state index is 9.23. The fraction of sp³-hybridized carbons (Fsp3) is 0.267. The summed E-state index contributed by atoms with van der Waals surface area (Å²) >= 11 is 0. The maximum absolute atomic E-state index is 9.23. The van der Waals surface area contributed by atoms with E-state index >= 15 is 0 Å². The summed E-state index contributed by atoms with van der Waals surface area (Å²) in [6, 6.07) is 9.87. The van der Waals surface area contributed by atoms with Crippen molar-refractivity contribution in [3.05, 3.63) is 52.8 Å². The van der Waals surface area contributed by atoms with Crippen LogP contribution in [-0.4, -0.2) is 14.9 Å². The summed E-state index contributed by atoms with van der Waals surface area (Å²) < 4.78 is 1.83. The summed E-state index contributed by atoms with van der Waals surface area (Å²) in [5, 5.41) is 13.6. The Bertz CT molecular complexity index is 588. The molecule has 0 aliphatic rings. The summed E-state index contributed by atoms with van der Waals surface area (Å²) in [5.41, 5.74) is 3.76. The van der Waals surface area contributed by atoms with Gasteiger partial charge in [0, 0.05) is 16.8 Å². The highest BCUT2D eigenvalue weighted by Crippen LogP contribution is 2.12. The fourth-order valence-corrected chi connectivity index (χ4v) is 1.85. The lowest BCUT2D eigenvalue weighted by molar-refractivity contribution is 0.280. The van der Waals surface area contributed by atoms with Gasteiger partial charge in [-0.2, -0.15) is 5.10 Å². The summed E-state index contributed by atoms with van der Waals surface area (Å²) in [7, 11) is 0. The zero-order valence-corrected chi connectivity index (χ0v) is 10.6. The van der Waals surface area contributed by atoms with Crippen molar-refractivity contribution in [1.82, 2.24) is 9.78 Å². The normalized spacial score (nSPS) is 9.94. The lowest BCUT2D eigenvalue weighted by Gasteiger charge is -1.98. The molecule has 1 heterocycles. The number of nitrogens with zero attached hydrogens (tertiary/aromatic N) is 2. The molecule has 3 heteroatoms. The number of rotatable bonds is 2. The van der Waals surface area contributed by atoms with Crippen molar-refractivity contribution in [2.45, 2.75) is 27.0 Å². The first-order chi connectivity index (χ1) is 8.72. The van der Waals surface area contributed by atoms with Crippen LogP contribution in [-0.2, 0) is 13.2 Å². The molecule has 1 N–H and O–H groups in total. The van der Waals surface area contributed by atoms with Crippen molar-refractivity contribution in [3.8, 4) is 11.8 Å². The Hall–Kier alpha value is -2.05. The van der Waals surface area contributed by atoms with Crippen molar-refractivity contribution in [1.29, 1.82) is 0 Å². The van der Waals surface area contributed by atoms with Crippen LogP contribution in [0.3, 0.4) is 0 Å². The predicted octanol–water partition coefficient (Wildman–Crippen LogP) is 2.04. The quantitative estimate of drug-likeness (QED) is 0.816. The van der Waals surface area contributed by atoms with Crippen LogP contribution in [0.2, 0.25) is 0 Å². The van der Waals surface area contributed by atoms with Crippen molar-refractivity contribution in [3.63, 3.8) is 0 Å². The molecule has 3 nitrogen and oxygen atoms in total. The summed E-state index contributed by atoms with van der Waals surface area (Å²) in [6.45, 7) is 4.43. The lowest BCUT2D eigenvalue weighted by Crippen LogP contribution is -2.01. The minimum atomic E-state index is 0.0315. The molecule has 18 heavy (non-hydrogen) atoms. The van der Waals surface area contributed by atoms with Crippen LogP contribution in [0.4, 0.5) is 0 Å². The largest absolute Gasteiger partial charge is 0.392 e. The average molecular weight is 240 g/mol. The first-order valence-electron chi connectivity index (χ1n) is 5.90. The molecule has 0 aliphatic heterocycles. The van der Waals surface area contributed by atoms with Crippen LogP contribution in [0, 0.1) is 25.7 Å². The van der Waals surface area contributed by atoms with E-state index in [1.54, 1.807) is 0 Å². The summed E-state index contributed by atoms with van der Waals surface area (Å²) in [5.74, 6) is 6.19. The zero-order valence-electron chi connectivity index (χ0n) is 10.6. The van der Waals surface area contributed by atoms with Crippen LogP contribution in [0.25, 0.3) is 0 Å². The monoisotopic (exact) mass is 240 g/mol. The van der Waals surface area contributed by atoms with E-state index < -0.39 is 0 Å². The molecule has 0 aliphatic carbocycles. The molecular weight excluding hydrogens is 224 g/mol. The van der Waals surface area contributed by atoms with E-state index in [2.05, 4.69) is 16.9 Å². The van der Waals surface area contributed by atoms with Crippen molar-refractivity contribution >= 4 is 0 Å². The van der Waals surface area contributed by atoms with E-state index in [4.69, 9.17) is 0 Å². The van der Waals surface area contributed by atoms with Crippen LogP contribution in [0.15, 0.2) is 30.3 Å². The molecule has 2 aromatic rings. The average Bonchev–Trinajstić information content (AvgIpc) is 2.65. The summed E-state index contributed by atoms with van der Waals surface area (Å²) in [6.07, 6.45) is 0. The van der Waals surface area contributed by atoms with Gasteiger partial charge in [0.05, 0.1) is 12.3 Å². The van der Waals surface area contributed by atoms with Crippen molar-refractivity contribution in [2.75, 3.05) is 0 Å². The predicted molar refractivity (Wildman–Crippen MR) is 70.9 cm³/mol. The van der Waals surface area contributed by atoms with Crippen molar-refractivity contribution in [2.24, 2.45) is 0 Å². The number of aliphatic hydroxyl groups excluding tert-OH is 1. The zero-order chi connectivity index (χ0) is 13.0. The van der Waals surface area contributed by atoms with Gasteiger partial charge >= 0.3 is 0 Å². The Morgan fingerprint density at radius 3 is 2.56 bits per heavy atom. The van der Waals surface area contributed by atoms with Crippen LogP contribution in [0.1, 0.15) is 22.5 Å². The van der Waals surface area contributed by atoms with E-state index in [9.17, 15) is 5.11 Å². The Balaban J connectivity index is 2.14. The van der Waals surface area contributed by atoms with Gasteiger partial charge in [0.15, 0.2) is 0 Å². The molecule has 92 valence electrons. The molecule has 1 aromatic carbocycles. The van der Waals surface area contributed by atoms with Gasteiger partial charge in [0.2, 0.25) is 0 Å². The van der Waals surface area contributed by atoms with Crippen LogP contribution < -0.4 is 0 Å². The van der Waals surface area contributed by atoms with E-state index in [-0.39, 0.29) is 6.61 Å². The Labute approximate surface area is 107 Å². The molecule has 0 saturated heterocycles. The lowest BCUT2D eigenvalue weighted by atomic mass is 10.2. The molecular formula is C15H16N2O. The minimum absolute atomic E-state index is 0.0315. The first-order valence-corrected chi connectivity index (χ1v) is 5.90. The number of hydrogen-bond donors (Lipinski definition) is 1. The highest BCUT2D eigenvalue weighted by molar-refractivity contribution is 5.33. The SMILES string of the molecule is Cc1nn(CC#Cc2ccccc2)c(C)c1CO. The number of aromatic nitrogens is 2. The van der Waals surface area contributed by atoms with Gasteiger partial charge in [0.25, 0.3) is 0 Å². The molecule has 0 fully saturated rings.